The Morgan fingerprint density at radius 1 is 1.37 bits per heavy atom. The molecule has 1 aromatic carbocycles. The highest BCUT2D eigenvalue weighted by Crippen LogP contribution is 2.29. The third-order valence-corrected chi connectivity index (χ3v) is 4.97. The predicted octanol–water partition coefficient (Wildman–Crippen LogP) is 3.25. The zero-order valence-electron chi connectivity index (χ0n) is 11.5. The second kappa shape index (κ2) is 4.45. The molecule has 1 heterocycles. The summed E-state index contributed by atoms with van der Waals surface area (Å²) in [6.45, 7) is 6.26. The van der Waals surface area contributed by atoms with E-state index in [1.807, 2.05) is 10.6 Å². The normalized spacial score (nSPS) is 13.1. The lowest BCUT2D eigenvalue weighted by Crippen LogP contribution is -2.25. The number of hydrogen-bond donors (Lipinski definition) is 1. The molecule has 2 aromatic rings. The number of nitrogens with one attached hydrogen (secondary N) is 1. The van der Waals surface area contributed by atoms with E-state index in [0.717, 1.165) is 11.9 Å². The number of imidazole rings is 1. The van der Waals surface area contributed by atoms with Crippen LogP contribution < -0.4 is 0 Å². The van der Waals surface area contributed by atoms with Crippen LogP contribution in [0, 0.1) is 4.77 Å². The smallest absolute Gasteiger partial charge is 0.178 e. The van der Waals surface area contributed by atoms with Crippen molar-refractivity contribution in [2.75, 3.05) is 6.26 Å². The molecule has 0 fully saturated rings. The number of benzene rings is 1. The Bertz CT molecular complexity index is 783. The summed E-state index contributed by atoms with van der Waals surface area (Å²) >= 11 is 5.36. The second-order valence-electron chi connectivity index (χ2n) is 5.35. The minimum absolute atomic E-state index is 0.161. The monoisotopic (exact) mass is 298 g/mol. The molecular formula is C13H18N2O2S2. The summed E-state index contributed by atoms with van der Waals surface area (Å²) in [6.07, 6.45) is 2.11. The Balaban J connectivity index is 2.93. The van der Waals surface area contributed by atoms with Crippen LogP contribution in [0.2, 0.25) is 0 Å². The summed E-state index contributed by atoms with van der Waals surface area (Å²) in [6, 6.07) is 5.25. The van der Waals surface area contributed by atoms with Crippen LogP contribution in [0.4, 0.5) is 0 Å². The van der Waals surface area contributed by atoms with Crippen LogP contribution in [0.3, 0.4) is 0 Å². The molecule has 0 atom stereocenters. The molecule has 6 heteroatoms. The standard InChI is InChI=1S/C13H18N2O2S2/c1-5-13(2,3)15-9-7-6-8-10(19(4,16)17)11(9)14-12(15)18/h6-8H,5H2,1-4H3,(H,14,18). The predicted molar refractivity (Wildman–Crippen MR) is 79.8 cm³/mol. The molecule has 1 N–H and O–H groups in total. The molecule has 0 bridgehead atoms. The maximum absolute atomic E-state index is 11.8. The van der Waals surface area contributed by atoms with Crippen molar-refractivity contribution in [2.24, 2.45) is 0 Å². The van der Waals surface area contributed by atoms with E-state index in [4.69, 9.17) is 12.2 Å². The number of fused-ring (bicyclic) bond motifs is 1. The van der Waals surface area contributed by atoms with Crippen molar-refractivity contribution in [3.63, 3.8) is 0 Å². The lowest BCUT2D eigenvalue weighted by atomic mass is 10.0. The molecule has 0 aliphatic heterocycles. The van der Waals surface area contributed by atoms with Crippen molar-refractivity contribution < 1.29 is 8.42 Å². The third-order valence-electron chi connectivity index (χ3n) is 3.55. The van der Waals surface area contributed by atoms with E-state index in [-0.39, 0.29) is 5.54 Å². The van der Waals surface area contributed by atoms with E-state index >= 15 is 0 Å². The minimum atomic E-state index is -3.28. The highest BCUT2D eigenvalue weighted by molar-refractivity contribution is 7.91. The van der Waals surface area contributed by atoms with Gasteiger partial charge in [0.25, 0.3) is 0 Å². The van der Waals surface area contributed by atoms with Gasteiger partial charge in [0.05, 0.1) is 15.9 Å². The fraction of sp³-hybridized carbons (Fsp3) is 0.462. The van der Waals surface area contributed by atoms with Crippen LogP contribution in [0.5, 0.6) is 0 Å². The summed E-state index contributed by atoms with van der Waals surface area (Å²) in [7, 11) is -3.28. The minimum Gasteiger partial charge on any atom is -0.329 e. The highest BCUT2D eigenvalue weighted by atomic mass is 32.2. The molecule has 0 saturated heterocycles. The summed E-state index contributed by atoms with van der Waals surface area (Å²) in [5.74, 6) is 0. The fourth-order valence-electron chi connectivity index (χ4n) is 2.17. The van der Waals surface area contributed by atoms with E-state index in [2.05, 4.69) is 25.8 Å². The number of H-pyrrole nitrogens is 1. The van der Waals surface area contributed by atoms with Gasteiger partial charge in [-0.3, -0.25) is 0 Å². The van der Waals surface area contributed by atoms with Gasteiger partial charge in [-0.15, -0.1) is 0 Å². The molecule has 0 spiro atoms. The number of rotatable bonds is 3. The maximum Gasteiger partial charge on any atom is 0.178 e. The number of hydrogen-bond acceptors (Lipinski definition) is 3. The van der Waals surface area contributed by atoms with Gasteiger partial charge in [-0.1, -0.05) is 13.0 Å². The SMILES string of the molecule is CCC(C)(C)n1c(=S)[nH]c2c(S(C)(=O)=O)cccc21. The first-order valence-electron chi connectivity index (χ1n) is 6.13. The van der Waals surface area contributed by atoms with Crippen molar-refractivity contribution in [3.05, 3.63) is 23.0 Å². The zero-order valence-corrected chi connectivity index (χ0v) is 13.2. The maximum atomic E-state index is 11.8. The van der Waals surface area contributed by atoms with Crippen LogP contribution in [0.15, 0.2) is 23.1 Å². The molecule has 0 saturated carbocycles. The third kappa shape index (κ3) is 2.34. The number of sulfone groups is 1. The largest absolute Gasteiger partial charge is 0.329 e. The molecule has 104 valence electrons. The Labute approximate surface area is 118 Å². The molecule has 0 aliphatic rings. The summed E-state index contributed by atoms with van der Waals surface area (Å²) < 4.78 is 26.2. The Morgan fingerprint density at radius 3 is 2.53 bits per heavy atom. The number of aromatic nitrogens is 2. The fourth-order valence-corrected chi connectivity index (χ4v) is 3.47. The average molecular weight is 298 g/mol. The van der Waals surface area contributed by atoms with Gasteiger partial charge in [-0.2, -0.15) is 0 Å². The average Bonchev–Trinajstić information content (AvgIpc) is 2.63. The molecular weight excluding hydrogens is 280 g/mol. The van der Waals surface area contributed by atoms with Crippen molar-refractivity contribution in [3.8, 4) is 0 Å². The van der Waals surface area contributed by atoms with E-state index in [1.54, 1.807) is 12.1 Å². The number of aromatic amines is 1. The van der Waals surface area contributed by atoms with Gasteiger partial charge in [-0.05, 0) is 44.6 Å². The van der Waals surface area contributed by atoms with Gasteiger partial charge in [-0.25, -0.2) is 8.42 Å². The van der Waals surface area contributed by atoms with Crippen LogP contribution in [-0.4, -0.2) is 24.2 Å². The first-order chi connectivity index (χ1) is 8.68. The van der Waals surface area contributed by atoms with Crippen LogP contribution >= 0.6 is 12.2 Å². The molecule has 19 heavy (non-hydrogen) atoms. The van der Waals surface area contributed by atoms with Crippen LogP contribution in [-0.2, 0) is 15.4 Å². The van der Waals surface area contributed by atoms with Crippen molar-refractivity contribution in [1.82, 2.24) is 9.55 Å². The quantitative estimate of drug-likeness (QED) is 0.885. The van der Waals surface area contributed by atoms with Gasteiger partial charge in [0.2, 0.25) is 0 Å². The molecule has 0 aliphatic carbocycles. The molecule has 0 amide bonds. The van der Waals surface area contributed by atoms with Gasteiger partial charge in [0.15, 0.2) is 14.6 Å². The van der Waals surface area contributed by atoms with Crippen molar-refractivity contribution in [1.29, 1.82) is 0 Å². The number of para-hydroxylation sites is 1. The Hall–Kier alpha value is -1.14. The first-order valence-corrected chi connectivity index (χ1v) is 8.42. The molecule has 2 rings (SSSR count). The summed E-state index contributed by atoms with van der Waals surface area (Å²) in [5.41, 5.74) is 1.27. The lowest BCUT2D eigenvalue weighted by molar-refractivity contribution is 0.348. The molecule has 4 nitrogen and oxygen atoms in total. The second-order valence-corrected chi connectivity index (χ2v) is 7.72. The van der Waals surface area contributed by atoms with Gasteiger partial charge in [0, 0.05) is 11.8 Å². The summed E-state index contributed by atoms with van der Waals surface area (Å²) in [5, 5.41) is 0. The van der Waals surface area contributed by atoms with E-state index < -0.39 is 9.84 Å². The van der Waals surface area contributed by atoms with Crippen molar-refractivity contribution in [2.45, 2.75) is 37.6 Å². The topological polar surface area (TPSA) is 54.9 Å². The van der Waals surface area contributed by atoms with Gasteiger partial charge < -0.3 is 9.55 Å². The van der Waals surface area contributed by atoms with Crippen LogP contribution in [0.1, 0.15) is 27.2 Å². The lowest BCUT2D eigenvalue weighted by Gasteiger charge is -2.25. The van der Waals surface area contributed by atoms with Gasteiger partial charge in [0.1, 0.15) is 0 Å². The van der Waals surface area contributed by atoms with Gasteiger partial charge >= 0.3 is 0 Å². The van der Waals surface area contributed by atoms with Crippen LogP contribution in [0.25, 0.3) is 11.0 Å². The first kappa shape index (κ1) is 14.3. The zero-order chi connectivity index (χ0) is 14.4. The Kier molecular flexibility index (Phi) is 3.35. The van der Waals surface area contributed by atoms with E-state index in [1.165, 1.54) is 6.26 Å². The number of nitrogens with zero attached hydrogens (tertiary/aromatic N) is 1. The van der Waals surface area contributed by atoms with E-state index in [9.17, 15) is 8.42 Å². The molecule has 1 aromatic heterocycles. The van der Waals surface area contributed by atoms with Crippen molar-refractivity contribution >= 4 is 33.1 Å². The van der Waals surface area contributed by atoms with E-state index in [0.29, 0.717) is 15.2 Å². The Morgan fingerprint density at radius 2 is 2.00 bits per heavy atom. The molecule has 0 radical (unpaired) electrons. The molecule has 0 unspecified atom stereocenters. The summed E-state index contributed by atoms with van der Waals surface area (Å²) in [4.78, 5) is 3.33. The highest BCUT2D eigenvalue weighted by Gasteiger charge is 2.23.